The van der Waals surface area contributed by atoms with Crippen molar-refractivity contribution in [3.63, 3.8) is 0 Å². The van der Waals surface area contributed by atoms with Crippen LogP contribution in [0.15, 0.2) is 6.20 Å². The second-order valence-electron chi connectivity index (χ2n) is 2.10. The van der Waals surface area contributed by atoms with Crippen molar-refractivity contribution in [1.29, 1.82) is 0 Å². The van der Waals surface area contributed by atoms with Gasteiger partial charge in [0.25, 0.3) is 0 Å². The maximum absolute atomic E-state index is 5.57. The van der Waals surface area contributed by atoms with E-state index in [1.54, 1.807) is 11.3 Å². The molecule has 50 valence electrons. The van der Waals surface area contributed by atoms with Crippen LogP contribution < -0.4 is 5.73 Å². The predicted molar refractivity (Wildman–Crippen MR) is 39.5 cm³/mol. The lowest BCUT2D eigenvalue weighted by atomic mass is 10.4. The molecule has 1 aromatic rings. The van der Waals surface area contributed by atoms with Gasteiger partial charge in [-0.15, -0.1) is 11.3 Å². The van der Waals surface area contributed by atoms with Crippen LogP contribution in [0.3, 0.4) is 0 Å². The highest BCUT2D eigenvalue weighted by molar-refractivity contribution is 7.11. The molecule has 2 nitrogen and oxygen atoms in total. The quantitative estimate of drug-likeness (QED) is 0.645. The molecule has 0 fully saturated rings. The number of thiazole rings is 1. The molecule has 0 saturated carbocycles. The van der Waals surface area contributed by atoms with Crippen LogP contribution in [0.5, 0.6) is 0 Å². The van der Waals surface area contributed by atoms with Crippen LogP contribution in [0.1, 0.15) is 22.9 Å². The van der Waals surface area contributed by atoms with Gasteiger partial charge in [0.2, 0.25) is 0 Å². The van der Waals surface area contributed by atoms with Crippen molar-refractivity contribution in [3.8, 4) is 0 Å². The number of hydrogen-bond acceptors (Lipinski definition) is 3. The summed E-state index contributed by atoms with van der Waals surface area (Å²) in [5, 5.41) is 1.02. The fourth-order valence-corrected chi connectivity index (χ4v) is 1.31. The number of hydrogen-bond donors (Lipinski definition) is 1. The van der Waals surface area contributed by atoms with Crippen molar-refractivity contribution in [2.75, 3.05) is 0 Å². The smallest absolute Gasteiger partial charge is 0.109 e. The number of rotatable bonds is 1. The molecular formula is C6H10N2S. The van der Waals surface area contributed by atoms with Crippen molar-refractivity contribution in [2.24, 2.45) is 5.73 Å². The molecule has 0 saturated heterocycles. The predicted octanol–water partition coefficient (Wildman–Crippen LogP) is 1.47. The maximum Gasteiger partial charge on any atom is 0.109 e. The minimum absolute atomic E-state index is 0.0868. The van der Waals surface area contributed by atoms with Gasteiger partial charge in [0.15, 0.2) is 0 Å². The van der Waals surface area contributed by atoms with Gasteiger partial charge in [-0.1, -0.05) is 0 Å². The lowest BCUT2D eigenvalue weighted by Crippen LogP contribution is -2.03. The highest BCUT2D eigenvalue weighted by Crippen LogP contribution is 2.16. The summed E-state index contributed by atoms with van der Waals surface area (Å²) in [7, 11) is 0. The summed E-state index contributed by atoms with van der Waals surface area (Å²) in [6.07, 6.45) is 1.85. The molecule has 1 rings (SSSR count). The first-order chi connectivity index (χ1) is 4.20. The van der Waals surface area contributed by atoms with E-state index in [1.807, 2.05) is 20.0 Å². The Morgan fingerprint density at radius 1 is 1.78 bits per heavy atom. The van der Waals surface area contributed by atoms with Gasteiger partial charge in [-0.2, -0.15) is 0 Å². The van der Waals surface area contributed by atoms with E-state index in [9.17, 15) is 0 Å². The Kier molecular flexibility index (Phi) is 1.83. The first-order valence-corrected chi connectivity index (χ1v) is 3.69. The van der Waals surface area contributed by atoms with Gasteiger partial charge in [-0.3, -0.25) is 0 Å². The molecule has 1 heterocycles. The van der Waals surface area contributed by atoms with Crippen molar-refractivity contribution >= 4 is 11.3 Å². The fourth-order valence-electron chi connectivity index (χ4n) is 0.583. The Labute approximate surface area is 58.7 Å². The molecule has 0 aliphatic carbocycles. The molecule has 1 atom stereocenters. The third-order valence-electron chi connectivity index (χ3n) is 1.03. The summed E-state index contributed by atoms with van der Waals surface area (Å²) in [4.78, 5) is 5.33. The summed E-state index contributed by atoms with van der Waals surface area (Å²) < 4.78 is 0. The second kappa shape index (κ2) is 2.45. The van der Waals surface area contributed by atoms with Crippen molar-refractivity contribution < 1.29 is 0 Å². The Morgan fingerprint density at radius 2 is 2.44 bits per heavy atom. The zero-order valence-electron chi connectivity index (χ0n) is 5.59. The molecule has 0 radical (unpaired) electrons. The van der Waals surface area contributed by atoms with Crippen LogP contribution >= 0.6 is 11.3 Å². The average Bonchev–Trinajstić information content (AvgIpc) is 2.14. The summed E-state index contributed by atoms with van der Waals surface area (Å²) in [5.41, 5.74) is 5.57. The van der Waals surface area contributed by atoms with E-state index in [0.29, 0.717) is 0 Å². The Hall–Kier alpha value is -0.410. The van der Waals surface area contributed by atoms with Crippen LogP contribution in [0.4, 0.5) is 0 Å². The van der Waals surface area contributed by atoms with Gasteiger partial charge in [0, 0.05) is 11.1 Å². The standard InChI is InChI=1S/C6H10N2S/c1-4-3-8-6(9-4)5(2)7/h3,5H,7H2,1-2H3/t5-/m1/s1. The van der Waals surface area contributed by atoms with Crippen LogP contribution in [-0.2, 0) is 0 Å². The molecule has 0 aliphatic heterocycles. The SMILES string of the molecule is Cc1cnc([C@@H](C)N)s1. The summed E-state index contributed by atoms with van der Waals surface area (Å²) >= 11 is 1.66. The summed E-state index contributed by atoms with van der Waals surface area (Å²) in [6.45, 7) is 3.97. The van der Waals surface area contributed by atoms with Gasteiger partial charge in [0.1, 0.15) is 5.01 Å². The zero-order valence-corrected chi connectivity index (χ0v) is 6.40. The molecule has 0 aromatic carbocycles. The largest absolute Gasteiger partial charge is 0.322 e. The van der Waals surface area contributed by atoms with Crippen molar-refractivity contribution in [2.45, 2.75) is 19.9 Å². The second-order valence-corrected chi connectivity index (χ2v) is 3.36. The molecule has 0 spiro atoms. The maximum atomic E-state index is 5.57. The molecule has 9 heavy (non-hydrogen) atoms. The van der Waals surface area contributed by atoms with E-state index >= 15 is 0 Å². The molecular weight excluding hydrogens is 132 g/mol. The zero-order chi connectivity index (χ0) is 6.85. The Bertz CT molecular complexity index is 193. The monoisotopic (exact) mass is 142 g/mol. The van der Waals surface area contributed by atoms with Crippen molar-refractivity contribution in [3.05, 3.63) is 16.1 Å². The summed E-state index contributed by atoms with van der Waals surface area (Å²) in [6, 6.07) is 0.0868. The highest BCUT2D eigenvalue weighted by Gasteiger charge is 2.01. The molecule has 0 aliphatic rings. The van der Waals surface area contributed by atoms with E-state index in [-0.39, 0.29) is 6.04 Å². The van der Waals surface area contributed by atoms with Gasteiger partial charge in [0.05, 0.1) is 6.04 Å². The van der Waals surface area contributed by atoms with Crippen LogP contribution in [0.2, 0.25) is 0 Å². The molecule has 1 aromatic heterocycles. The Balaban J connectivity index is 2.85. The number of aromatic nitrogens is 1. The molecule has 0 amide bonds. The van der Waals surface area contributed by atoms with E-state index in [0.717, 1.165) is 5.01 Å². The summed E-state index contributed by atoms with van der Waals surface area (Å²) in [5.74, 6) is 0. The van der Waals surface area contributed by atoms with E-state index in [2.05, 4.69) is 4.98 Å². The van der Waals surface area contributed by atoms with Crippen LogP contribution in [0.25, 0.3) is 0 Å². The normalized spacial score (nSPS) is 13.7. The first-order valence-electron chi connectivity index (χ1n) is 2.88. The number of nitrogens with two attached hydrogens (primary N) is 1. The topological polar surface area (TPSA) is 38.9 Å². The van der Waals surface area contributed by atoms with Gasteiger partial charge < -0.3 is 5.73 Å². The lowest BCUT2D eigenvalue weighted by molar-refractivity contribution is 0.807. The highest BCUT2D eigenvalue weighted by atomic mass is 32.1. The third-order valence-corrected chi connectivity index (χ3v) is 2.14. The molecule has 0 bridgehead atoms. The van der Waals surface area contributed by atoms with Crippen LogP contribution in [-0.4, -0.2) is 4.98 Å². The van der Waals surface area contributed by atoms with E-state index in [4.69, 9.17) is 5.73 Å². The lowest BCUT2D eigenvalue weighted by Gasteiger charge is -1.95. The number of nitrogens with zero attached hydrogens (tertiary/aromatic N) is 1. The van der Waals surface area contributed by atoms with Gasteiger partial charge in [-0.05, 0) is 13.8 Å². The first kappa shape index (κ1) is 6.71. The molecule has 0 unspecified atom stereocenters. The van der Waals surface area contributed by atoms with Gasteiger partial charge >= 0.3 is 0 Å². The fraction of sp³-hybridized carbons (Fsp3) is 0.500. The Morgan fingerprint density at radius 3 is 2.67 bits per heavy atom. The van der Waals surface area contributed by atoms with E-state index in [1.165, 1.54) is 4.88 Å². The average molecular weight is 142 g/mol. The van der Waals surface area contributed by atoms with Crippen LogP contribution in [0, 0.1) is 6.92 Å². The molecule has 3 heteroatoms. The minimum atomic E-state index is 0.0868. The van der Waals surface area contributed by atoms with Gasteiger partial charge in [-0.25, -0.2) is 4.98 Å². The molecule has 2 N–H and O–H groups in total. The number of aryl methyl sites for hydroxylation is 1. The minimum Gasteiger partial charge on any atom is -0.322 e. The third kappa shape index (κ3) is 1.50. The van der Waals surface area contributed by atoms with E-state index < -0.39 is 0 Å². The van der Waals surface area contributed by atoms with Crippen molar-refractivity contribution in [1.82, 2.24) is 4.98 Å².